The highest BCUT2D eigenvalue weighted by Gasteiger charge is 2.16. The molecule has 0 saturated heterocycles. The summed E-state index contributed by atoms with van der Waals surface area (Å²) in [5.74, 6) is 1.65. The van der Waals surface area contributed by atoms with Crippen LogP contribution in [0.1, 0.15) is 31.3 Å². The Morgan fingerprint density at radius 2 is 1.94 bits per heavy atom. The number of imidazole rings is 1. The van der Waals surface area contributed by atoms with Crippen molar-refractivity contribution in [3.05, 3.63) is 34.6 Å². The average molecular weight is 264 g/mol. The summed E-state index contributed by atoms with van der Waals surface area (Å²) in [5, 5.41) is 0.731. The Hall–Kier alpha value is -1.48. The van der Waals surface area contributed by atoms with Gasteiger partial charge in [-0.3, -0.25) is 0 Å². The standard InChI is InChI=1S/C14H18ClN3/c1-8(2)18-10(4)17-13(14(18)16)12-6-5-11(15)7-9(12)3/h5-8H,16H2,1-4H3. The minimum atomic E-state index is 0.304. The highest BCUT2D eigenvalue weighted by atomic mass is 35.5. The van der Waals surface area contributed by atoms with Crippen molar-refractivity contribution >= 4 is 17.4 Å². The Bertz CT molecular complexity index is 585. The smallest absolute Gasteiger partial charge is 0.131 e. The van der Waals surface area contributed by atoms with Gasteiger partial charge < -0.3 is 10.3 Å². The molecule has 0 aliphatic carbocycles. The van der Waals surface area contributed by atoms with Gasteiger partial charge in [0.05, 0.1) is 0 Å². The zero-order valence-electron chi connectivity index (χ0n) is 11.2. The van der Waals surface area contributed by atoms with Gasteiger partial charge in [-0.05, 0) is 45.4 Å². The second-order valence-electron chi connectivity index (χ2n) is 4.82. The predicted molar refractivity (Wildman–Crippen MR) is 76.9 cm³/mol. The molecule has 1 aromatic carbocycles. The van der Waals surface area contributed by atoms with Gasteiger partial charge in [-0.25, -0.2) is 4.98 Å². The number of hydrogen-bond donors (Lipinski definition) is 1. The highest BCUT2D eigenvalue weighted by molar-refractivity contribution is 6.30. The van der Waals surface area contributed by atoms with Crippen LogP contribution >= 0.6 is 11.6 Å². The lowest BCUT2D eigenvalue weighted by Gasteiger charge is -2.11. The third-order valence-electron chi connectivity index (χ3n) is 3.08. The number of aryl methyl sites for hydroxylation is 2. The van der Waals surface area contributed by atoms with Crippen LogP contribution in [0.25, 0.3) is 11.3 Å². The maximum absolute atomic E-state index is 6.21. The summed E-state index contributed by atoms with van der Waals surface area (Å²) in [4.78, 5) is 4.59. The molecule has 0 amide bonds. The van der Waals surface area contributed by atoms with E-state index in [1.807, 2.05) is 36.6 Å². The minimum Gasteiger partial charge on any atom is -0.383 e. The number of nitrogen functional groups attached to an aromatic ring is 1. The third kappa shape index (κ3) is 2.10. The second-order valence-corrected chi connectivity index (χ2v) is 5.25. The molecule has 1 heterocycles. The summed E-state index contributed by atoms with van der Waals surface area (Å²) < 4.78 is 2.05. The van der Waals surface area contributed by atoms with E-state index in [1.54, 1.807) is 0 Å². The average Bonchev–Trinajstić information content (AvgIpc) is 2.54. The minimum absolute atomic E-state index is 0.304. The molecule has 0 atom stereocenters. The second kappa shape index (κ2) is 4.65. The topological polar surface area (TPSA) is 43.8 Å². The van der Waals surface area contributed by atoms with Gasteiger partial charge in [-0.2, -0.15) is 0 Å². The maximum atomic E-state index is 6.21. The normalized spacial score (nSPS) is 11.2. The fourth-order valence-corrected chi connectivity index (χ4v) is 2.53. The Kier molecular flexibility index (Phi) is 3.35. The number of nitrogens with zero attached hydrogens (tertiary/aromatic N) is 2. The van der Waals surface area contributed by atoms with E-state index in [0.717, 1.165) is 27.7 Å². The van der Waals surface area contributed by atoms with E-state index >= 15 is 0 Å². The molecule has 0 bridgehead atoms. The molecule has 3 nitrogen and oxygen atoms in total. The van der Waals surface area contributed by atoms with Crippen molar-refractivity contribution in [2.45, 2.75) is 33.7 Å². The highest BCUT2D eigenvalue weighted by Crippen LogP contribution is 2.31. The van der Waals surface area contributed by atoms with Crippen molar-refractivity contribution in [3.8, 4) is 11.3 Å². The van der Waals surface area contributed by atoms with Gasteiger partial charge in [0.25, 0.3) is 0 Å². The third-order valence-corrected chi connectivity index (χ3v) is 3.32. The molecule has 2 N–H and O–H groups in total. The van der Waals surface area contributed by atoms with E-state index in [9.17, 15) is 0 Å². The van der Waals surface area contributed by atoms with Crippen LogP contribution in [-0.2, 0) is 0 Å². The van der Waals surface area contributed by atoms with E-state index < -0.39 is 0 Å². The number of hydrogen-bond acceptors (Lipinski definition) is 2. The molecule has 0 fully saturated rings. The van der Waals surface area contributed by atoms with Crippen molar-refractivity contribution in [2.24, 2.45) is 0 Å². The summed E-state index contributed by atoms with van der Waals surface area (Å²) >= 11 is 5.97. The molecule has 18 heavy (non-hydrogen) atoms. The van der Waals surface area contributed by atoms with Crippen LogP contribution in [0.2, 0.25) is 5.02 Å². The van der Waals surface area contributed by atoms with Gasteiger partial charge in [0.2, 0.25) is 0 Å². The van der Waals surface area contributed by atoms with Gasteiger partial charge in [0, 0.05) is 16.6 Å². The lowest BCUT2D eigenvalue weighted by atomic mass is 10.1. The molecule has 0 aliphatic heterocycles. The first-order chi connectivity index (χ1) is 8.41. The Balaban J connectivity index is 2.62. The fraction of sp³-hybridized carbons (Fsp3) is 0.357. The summed E-state index contributed by atoms with van der Waals surface area (Å²) in [6.07, 6.45) is 0. The van der Waals surface area contributed by atoms with Crippen LogP contribution in [0.3, 0.4) is 0 Å². The van der Waals surface area contributed by atoms with Crippen LogP contribution in [0.15, 0.2) is 18.2 Å². The van der Waals surface area contributed by atoms with Crippen LogP contribution in [-0.4, -0.2) is 9.55 Å². The van der Waals surface area contributed by atoms with E-state index in [0.29, 0.717) is 11.9 Å². The lowest BCUT2D eigenvalue weighted by molar-refractivity contribution is 0.590. The Morgan fingerprint density at radius 3 is 2.44 bits per heavy atom. The number of nitrogens with two attached hydrogens (primary N) is 1. The number of halogens is 1. The molecule has 1 aromatic heterocycles. The molecule has 2 rings (SSSR count). The molecule has 4 heteroatoms. The molecular weight excluding hydrogens is 246 g/mol. The molecule has 0 aliphatic rings. The number of rotatable bonds is 2. The first-order valence-corrected chi connectivity index (χ1v) is 6.40. The lowest BCUT2D eigenvalue weighted by Crippen LogP contribution is -2.07. The SMILES string of the molecule is Cc1cc(Cl)ccc1-c1nc(C)n(C(C)C)c1N. The predicted octanol–water partition coefficient (Wildman–Crippen LogP) is 3.98. The van der Waals surface area contributed by atoms with Crippen LogP contribution in [0.4, 0.5) is 5.82 Å². The summed E-state index contributed by atoms with van der Waals surface area (Å²) in [6.45, 7) is 8.20. The number of benzene rings is 1. The van der Waals surface area contributed by atoms with Gasteiger partial charge in [0.1, 0.15) is 17.3 Å². The quantitative estimate of drug-likeness (QED) is 0.891. The first kappa shape index (κ1) is 13.0. The van der Waals surface area contributed by atoms with Crippen molar-refractivity contribution < 1.29 is 0 Å². The van der Waals surface area contributed by atoms with Gasteiger partial charge in [-0.1, -0.05) is 17.7 Å². The van der Waals surface area contributed by atoms with Crippen LogP contribution < -0.4 is 5.73 Å². The van der Waals surface area contributed by atoms with Crippen molar-refractivity contribution in [1.82, 2.24) is 9.55 Å². The van der Waals surface area contributed by atoms with Crippen LogP contribution in [0.5, 0.6) is 0 Å². The summed E-state index contributed by atoms with van der Waals surface area (Å²) in [5.41, 5.74) is 9.18. The molecule has 0 unspecified atom stereocenters. The van der Waals surface area contributed by atoms with Gasteiger partial charge >= 0.3 is 0 Å². The van der Waals surface area contributed by atoms with E-state index in [1.165, 1.54) is 0 Å². The molecule has 0 radical (unpaired) electrons. The molecule has 2 aromatic rings. The van der Waals surface area contributed by atoms with Crippen molar-refractivity contribution in [3.63, 3.8) is 0 Å². The van der Waals surface area contributed by atoms with Crippen LogP contribution in [0, 0.1) is 13.8 Å². The molecule has 0 saturated carbocycles. The van der Waals surface area contributed by atoms with E-state index in [2.05, 4.69) is 18.8 Å². The van der Waals surface area contributed by atoms with E-state index in [-0.39, 0.29) is 0 Å². The molecule has 96 valence electrons. The van der Waals surface area contributed by atoms with Gasteiger partial charge in [0.15, 0.2) is 0 Å². The fourth-order valence-electron chi connectivity index (χ4n) is 2.30. The summed E-state index contributed by atoms with van der Waals surface area (Å²) in [7, 11) is 0. The Labute approximate surface area is 113 Å². The summed E-state index contributed by atoms with van der Waals surface area (Å²) in [6, 6.07) is 6.08. The zero-order chi connectivity index (χ0) is 13.4. The number of anilines is 1. The molecule has 0 spiro atoms. The maximum Gasteiger partial charge on any atom is 0.131 e. The Morgan fingerprint density at radius 1 is 1.28 bits per heavy atom. The first-order valence-electron chi connectivity index (χ1n) is 6.02. The van der Waals surface area contributed by atoms with Crippen molar-refractivity contribution in [2.75, 3.05) is 5.73 Å². The largest absolute Gasteiger partial charge is 0.383 e. The number of aromatic nitrogens is 2. The van der Waals surface area contributed by atoms with E-state index in [4.69, 9.17) is 17.3 Å². The van der Waals surface area contributed by atoms with Crippen molar-refractivity contribution in [1.29, 1.82) is 0 Å². The zero-order valence-corrected chi connectivity index (χ0v) is 11.9. The van der Waals surface area contributed by atoms with Gasteiger partial charge in [-0.15, -0.1) is 0 Å². The molecular formula is C14H18ClN3. The monoisotopic (exact) mass is 263 g/mol.